The number of pyridine rings is 1. The lowest BCUT2D eigenvalue weighted by molar-refractivity contribution is 0.156. The molecule has 2 N–H and O–H groups in total. The van der Waals surface area contributed by atoms with Crippen molar-refractivity contribution in [3.05, 3.63) is 30.1 Å². The fourth-order valence-corrected chi connectivity index (χ4v) is 2.78. The number of aliphatic hydroxyl groups is 1. The third-order valence-corrected chi connectivity index (χ3v) is 3.99. The SMILES string of the molecule is CC(CO)(NC1CCCCCC1)c1cccnc1. The van der Waals surface area contributed by atoms with E-state index >= 15 is 0 Å². The van der Waals surface area contributed by atoms with Gasteiger partial charge < -0.3 is 10.4 Å². The van der Waals surface area contributed by atoms with Crippen molar-refractivity contribution < 1.29 is 5.11 Å². The molecular weight excluding hydrogens is 224 g/mol. The molecule has 2 rings (SSSR count). The van der Waals surface area contributed by atoms with Crippen LogP contribution in [-0.2, 0) is 5.54 Å². The summed E-state index contributed by atoms with van der Waals surface area (Å²) in [7, 11) is 0. The maximum absolute atomic E-state index is 9.75. The van der Waals surface area contributed by atoms with Gasteiger partial charge in [-0.05, 0) is 31.4 Å². The van der Waals surface area contributed by atoms with Gasteiger partial charge in [-0.15, -0.1) is 0 Å². The van der Waals surface area contributed by atoms with Gasteiger partial charge in [0.2, 0.25) is 0 Å². The fraction of sp³-hybridized carbons (Fsp3) is 0.667. The fourth-order valence-electron chi connectivity index (χ4n) is 2.78. The van der Waals surface area contributed by atoms with Crippen molar-refractivity contribution in [1.82, 2.24) is 10.3 Å². The molecule has 1 aliphatic rings. The molecule has 0 aromatic carbocycles. The summed E-state index contributed by atoms with van der Waals surface area (Å²) in [5, 5.41) is 13.4. The molecule has 0 saturated heterocycles. The average molecular weight is 248 g/mol. The summed E-state index contributed by atoms with van der Waals surface area (Å²) in [6, 6.07) is 4.48. The number of hydrogen-bond donors (Lipinski definition) is 2. The lowest BCUT2D eigenvalue weighted by Gasteiger charge is -2.33. The molecule has 100 valence electrons. The predicted octanol–water partition coefficient (Wildman–Crippen LogP) is 2.60. The Hall–Kier alpha value is -0.930. The van der Waals surface area contributed by atoms with Crippen molar-refractivity contribution in [2.75, 3.05) is 6.61 Å². The molecule has 1 aromatic heterocycles. The third kappa shape index (κ3) is 3.30. The van der Waals surface area contributed by atoms with Crippen LogP contribution in [0.15, 0.2) is 24.5 Å². The van der Waals surface area contributed by atoms with E-state index in [0.717, 1.165) is 5.56 Å². The molecule has 1 aliphatic carbocycles. The van der Waals surface area contributed by atoms with Gasteiger partial charge in [-0.25, -0.2) is 0 Å². The van der Waals surface area contributed by atoms with Crippen LogP contribution in [0.2, 0.25) is 0 Å². The van der Waals surface area contributed by atoms with Gasteiger partial charge in [0, 0.05) is 18.4 Å². The molecule has 1 saturated carbocycles. The van der Waals surface area contributed by atoms with Crippen LogP contribution in [0, 0.1) is 0 Å². The van der Waals surface area contributed by atoms with Gasteiger partial charge in [-0.2, -0.15) is 0 Å². The van der Waals surface area contributed by atoms with Crippen LogP contribution in [0.5, 0.6) is 0 Å². The quantitative estimate of drug-likeness (QED) is 0.805. The number of rotatable bonds is 4. The summed E-state index contributed by atoms with van der Waals surface area (Å²) < 4.78 is 0. The lowest BCUT2D eigenvalue weighted by Crippen LogP contribution is -2.48. The molecule has 0 radical (unpaired) electrons. The molecular formula is C15H24N2O. The van der Waals surface area contributed by atoms with Crippen molar-refractivity contribution >= 4 is 0 Å². The van der Waals surface area contributed by atoms with Gasteiger partial charge in [0.05, 0.1) is 12.1 Å². The van der Waals surface area contributed by atoms with Gasteiger partial charge in [0.1, 0.15) is 0 Å². The summed E-state index contributed by atoms with van der Waals surface area (Å²) in [5.74, 6) is 0. The number of nitrogens with one attached hydrogen (secondary N) is 1. The minimum Gasteiger partial charge on any atom is -0.394 e. The van der Waals surface area contributed by atoms with E-state index in [0.29, 0.717) is 6.04 Å². The third-order valence-electron chi connectivity index (χ3n) is 3.99. The van der Waals surface area contributed by atoms with E-state index in [1.165, 1.54) is 38.5 Å². The topological polar surface area (TPSA) is 45.1 Å². The first-order chi connectivity index (χ1) is 8.74. The van der Waals surface area contributed by atoms with Crippen LogP contribution in [0.1, 0.15) is 51.0 Å². The highest BCUT2D eigenvalue weighted by atomic mass is 16.3. The van der Waals surface area contributed by atoms with Crippen LogP contribution in [0.3, 0.4) is 0 Å². The molecule has 0 amide bonds. The van der Waals surface area contributed by atoms with Crippen LogP contribution in [-0.4, -0.2) is 22.7 Å². The minimum absolute atomic E-state index is 0.106. The van der Waals surface area contributed by atoms with E-state index in [1.54, 1.807) is 6.20 Å². The first kappa shape index (κ1) is 13.5. The van der Waals surface area contributed by atoms with E-state index in [1.807, 2.05) is 18.3 Å². The summed E-state index contributed by atoms with van der Waals surface area (Å²) in [4.78, 5) is 4.16. The second-order valence-electron chi connectivity index (χ2n) is 5.56. The number of nitrogens with zero attached hydrogens (tertiary/aromatic N) is 1. The molecule has 3 nitrogen and oxygen atoms in total. The predicted molar refractivity (Wildman–Crippen MR) is 73.3 cm³/mol. The Labute approximate surface area is 110 Å². The first-order valence-electron chi connectivity index (χ1n) is 7.04. The highest BCUT2D eigenvalue weighted by Gasteiger charge is 2.29. The molecule has 18 heavy (non-hydrogen) atoms. The Balaban J connectivity index is 2.07. The molecule has 1 aromatic rings. The van der Waals surface area contributed by atoms with Crippen molar-refractivity contribution in [2.45, 2.75) is 57.0 Å². The molecule has 1 heterocycles. The molecule has 1 unspecified atom stereocenters. The standard InChI is InChI=1S/C15H24N2O/c1-15(12-18,13-7-6-10-16-11-13)17-14-8-4-2-3-5-9-14/h6-7,10-11,14,17-18H,2-5,8-9,12H2,1H3. The van der Waals surface area contributed by atoms with Gasteiger partial charge in [0.25, 0.3) is 0 Å². The Morgan fingerprint density at radius 2 is 2.06 bits per heavy atom. The smallest absolute Gasteiger partial charge is 0.0657 e. The second-order valence-corrected chi connectivity index (χ2v) is 5.56. The van der Waals surface area contributed by atoms with E-state index in [-0.39, 0.29) is 12.1 Å². The van der Waals surface area contributed by atoms with Crippen LogP contribution >= 0.6 is 0 Å². The van der Waals surface area contributed by atoms with Crippen LogP contribution in [0.25, 0.3) is 0 Å². The zero-order chi connectivity index (χ0) is 12.8. The normalized spacial score (nSPS) is 21.2. The van der Waals surface area contributed by atoms with Gasteiger partial charge in [-0.1, -0.05) is 31.7 Å². The molecule has 0 bridgehead atoms. The molecule has 1 atom stereocenters. The second kappa shape index (κ2) is 6.30. The molecule has 0 aliphatic heterocycles. The summed E-state index contributed by atoms with van der Waals surface area (Å²) in [6.45, 7) is 2.17. The summed E-state index contributed by atoms with van der Waals surface area (Å²) in [5.41, 5.74) is 0.695. The van der Waals surface area contributed by atoms with Gasteiger partial charge in [0.15, 0.2) is 0 Å². The monoisotopic (exact) mass is 248 g/mol. The molecule has 0 spiro atoms. The van der Waals surface area contributed by atoms with E-state index in [9.17, 15) is 5.11 Å². The van der Waals surface area contributed by atoms with E-state index in [4.69, 9.17) is 0 Å². The van der Waals surface area contributed by atoms with E-state index in [2.05, 4.69) is 17.2 Å². The first-order valence-corrected chi connectivity index (χ1v) is 7.04. The number of aromatic nitrogens is 1. The van der Waals surface area contributed by atoms with Crippen LogP contribution in [0.4, 0.5) is 0 Å². The Morgan fingerprint density at radius 1 is 1.33 bits per heavy atom. The zero-order valence-electron chi connectivity index (χ0n) is 11.2. The lowest BCUT2D eigenvalue weighted by atomic mass is 9.92. The summed E-state index contributed by atoms with van der Waals surface area (Å²) >= 11 is 0. The highest BCUT2D eigenvalue weighted by molar-refractivity contribution is 5.20. The van der Waals surface area contributed by atoms with Crippen molar-refractivity contribution in [1.29, 1.82) is 0 Å². The molecule has 3 heteroatoms. The highest BCUT2D eigenvalue weighted by Crippen LogP contribution is 2.24. The van der Waals surface area contributed by atoms with E-state index < -0.39 is 0 Å². The minimum atomic E-state index is -0.372. The number of hydrogen-bond acceptors (Lipinski definition) is 3. The maximum Gasteiger partial charge on any atom is 0.0657 e. The average Bonchev–Trinajstić information content (AvgIpc) is 2.68. The Kier molecular flexibility index (Phi) is 4.72. The van der Waals surface area contributed by atoms with Gasteiger partial charge >= 0.3 is 0 Å². The molecule has 1 fully saturated rings. The number of aliphatic hydroxyl groups excluding tert-OH is 1. The Bertz CT molecular complexity index is 347. The van der Waals surface area contributed by atoms with Crippen molar-refractivity contribution in [3.8, 4) is 0 Å². The van der Waals surface area contributed by atoms with Crippen molar-refractivity contribution in [2.24, 2.45) is 0 Å². The van der Waals surface area contributed by atoms with Crippen molar-refractivity contribution in [3.63, 3.8) is 0 Å². The maximum atomic E-state index is 9.75. The largest absolute Gasteiger partial charge is 0.394 e. The van der Waals surface area contributed by atoms with Crippen LogP contribution < -0.4 is 5.32 Å². The van der Waals surface area contributed by atoms with Gasteiger partial charge in [-0.3, -0.25) is 4.98 Å². The zero-order valence-corrected chi connectivity index (χ0v) is 11.2. The Morgan fingerprint density at radius 3 is 2.61 bits per heavy atom. The summed E-state index contributed by atoms with van der Waals surface area (Å²) in [6.07, 6.45) is 11.3.